The van der Waals surface area contributed by atoms with Crippen LogP contribution in [0, 0.1) is 0 Å². The third-order valence-corrected chi connectivity index (χ3v) is 11.1. The Labute approximate surface area is 330 Å². The van der Waals surface area contributed by atoms with E-state index in [-0.39, 0.29) is 0 Å². The Balaban J connectivity index is 1.07. The number of fused-ring (bicyclic) bond motifs is 6. The van der Waals surface area contributed by atoms with Crippen molar-refractivity contribution < 1.29 is 8.83 Å². The van der Waals surface area contributed by atoms with Gasteiger partial charge in [-0.1, -0.05) is 133 Å². The van der Waals surface area contributed by atoms with Gasteiger partial charge in [-0.2, -0.15) is 0 Å². The van der Waals surface area contributed by atoms with Crippen LogP contribution in [0.4, 0.5) is 17.1 Å². The summed E-state index contributed by atoms with van der Waals surface area (Å²) in [5.41, 5.74) is 16.0. The van der Waals surface area contributed by atoms with Crippen LogP contribution in [0.5, 0.6) is 0 Å². The zero-order valence-corrected chi connectivity index (χ0v) is 31.0. The summed E-state index contributed by atoms with van der Waals surface area (Å²) in [6.07, 6.45) is 0. The molecule has 0 fully saturated rings. The molecule has 0 atom stereocenters. The molecule has 11 aromatic rings. The monoisotopic (exact) mass is 729 g/mol. The number of benzene rings is 9. The maximum absolute atomic E-state index is 6.26. The van der Waals surface area contributed by atoms with Crippen molar-refractivity contribution in [3.63, 3.8) is 0 Å². The number of hydrogen-bond donors (Lipinski definition) is 0. The summed E-state index contributed by atoms with van der Waals surface area (Å²) >= 11 is 0. The first-order chi connectivity index (χ1) is 28.2. The lowest BCUT2D eigenvalue weighted by atomic mass is 9.90. The van der Waals surface area contributed by atoms with E-state index in [4.69, 9.17) is 8.83 Å². The van der Waals surface area contributed by atoms with Gasteiger partial charge in [-0.3, -0.25) is 0 Å². The lowest BCUT2D eigenvalue weighted by Crippen LogP contribution is -2.09. The predicted octanol–water partition coefficient (Wildman–Crippen LogP) is 15.6. The molecule has 2 aromatic heterocycles. The highest BCUT2D eigenvalue weighted by molar-refractivity contribution is 6.08. The van der Waals surface area contributed by atoms with Crippen molar-refractivity contribution in [2.75, 3.05) is 4.90 Å². The number of furan rings is 2. The van der Waals surface area contributed by atoms with Crippen LogP contribution in [0.25, 0.3) is 88.4 Å². The van der Waals surface area contributed by atoms with Crippen LogP contribution in [0.1, 0.15) is 0 Å². The molecule has 0 aliphatic carbocycles. The van der Waals surface area contributed by atoms with Gasteiger partial charge in [0.05, 0.1) is 0 Å². The van der Waals surface area contributed by atoms with Gasteiger partial charge in [0, 0.05) is 38.6 Å². The quantitative estimate of drug-likeness (QED) is 0.164. The van der Waals surface area contributed by atoms with Gasteiger partial charge in [0.15, 0.2) is 0 Å². The normalized spacial score (nSPS) is 11.5. The SMILES string of the molecule is c1ccc(-c2ccc(N(c3ccccc3)c3cccc(-c4ccc(-c5ccc6oc7ccccc7c6c5)cc4-c4ccc5oc6ccccc6c5c4)c3)cc2)cc1. The Hall–Kier alpha value is -7.62. The second-order valence-electron chi connectivity index (χ2n) is 14.5. The third-order valence-electron chi connectivity index (χ3n) is 11.1. The molecule has 0 unspecified atom stereocenters. The lowest BCUT2D eigenvalue weighted by molar-refractivity contribution is 0.668. The van der Waals surface area contributed by atoms with Crippen molar-refractivity contribution in [3.8, 4) is 44.5 Å². The fourth-order valence-corrected chi connectivity index (χ4v) is 8.28. The van der Waals surface area contributed by atoms with Crippen LogP contribution >= 0.6 is 0 Å². The molecule has 0 saturated carbocycles. The highest BCUT2D eigenvalue weighted by Crippen LogP contribution is 2.43. The highest BCUT2D eigenvalue weighted by atomic mass is 16.3. The molecule has 3 heteroatoms. The highest BCUT2D eigenvalue weighted by Gasteiger charge is 2.18. The van der Waals surface area contributed by atoms with Gasteiger partial charge < -0.3 is 13.7 Å². The maximum Gasteiger partial charge on any atom is 0.135 e. The summed E-state index contributed by atoms with van der Waals surface area (Å²) in [5, 5.41) is 4.46. The minimum absolute atomic E-state index is 0.883. The third kappa shape index (κ3) is 5.85. The van der Waals surface area contributed by atoms with Gasteiger partial charge in [-0.25, -0.2) is 0 Å². The molecule has 0 radical (unpaired) electrons. The molecule has 268 valence electrons. The van der Waals surface area contributed by atoms with E-state index in [1.807, 2.05) is 24.3 Å². The summed E-state index contributed by atoms with van der Waals surface area (Å²) in [4.78, 5) is 2.33. The zero-order chi connectivity index (χ0) is 37.7. The van der Waals surface area contributed by atoms with E-state index in [0.717, 1.165) is 94.3 Å². The Bertz CT molecular complexity index is 3230. The van der Waals surface area contributed by atoms with Crippen LogP contribution in [0.3, 0.4) is 0 Å². The number of anilines is 3. The van der Waals surface area contributed by atoms with Gasteiger partial charge >= 0.3 is 0 Å². The van der Waals surface area contributed by atoms with Crippen molar-refractivity contribution in [3.05, 3.63) is 212 Å². The van der Waals surface area contributed by atoms with E-state index in [2.05, 4.69) is 193 Å². The van der Waals surface area contributed by atoms with Crippen LogP contribution in [-0.2, 0) is 0 Å². The molecule has 57 heavy (non-hydrogen) atoms. The molecule has 0 spiro atoms. The van der Waals surface area contributed by atoms with E-state index in [1.165, 1.54) is 11.1 Å². The van der Waals surface area contributed by atoms with Gasteiger partial charge in [0.25, 0.3) is 0 Å². The molecular formula is C54H35NO2. The topological polar surface area (TPSA) is 29.5 Å². The molecule has 0 aliphatic heterocycles. The summed E-state index contributed by atoms with van der Waals surface area (Å²) in [6.45, 7) is 0. The molecule has 0 amide bonds. The van der Waals surface area contributed by atoms with Crippen LogP contribution in [0.15, 0.2) is 221 Å². The lowest BCUT2D eigenvalue weighted by Gasteiger charge is -2.26. The summed E-state index contributed by atoms with van der Waals surface area (Å²) < 4.78 is 12.5. The van der Waals surface area contributed by atoms with E-state index in [9.17, 15) is 0 Å². The van der Waals surface area contributed by atoms with Gasteiger partial charge in [-0.05, 0) is 123 Å². The van der Waals surface area contributed by atoms with E-state index >= 15 is 0 Å². The molecule has 3 nitrogen and oxygen atoms in total. The molecule has 2 heterocycles. The maximum atomic E-state index is 6.26. The van der Waals surface area contributed by atoms with Crippen LogP contribution in [0.2, 0.25) is 0 Å². The number of hydrogen-bond acceptors (Lipinski definition) is 3. The summed E-state index contributed by atoms with van der Waals surface area (Å²) in [6, 6.07) is 75.4. The van der Waals surface area contributed by atoms with E-state index in [1.54, 1.807) is 0 Å². The van der Waals surface area contributed by atoms with Gasteiger partial charge in [-0.15, -0.1) is 0 Å². The fourth-order valence-electron chi connectivity index (χ4n) is 8.28. The second-order valence-corrected chi connectivity index (χ2v) is 14.5. The Kier molecular flexibility index (Phi) is 7.82. The average Bonchev–Trinajstić information content (AvgIpc) is 3.85. The first kappa shape index (κ1) is 32.8. The predicted molar refractivity (Wildman–Crippen MR) is 237 cm³/mol. The number of nitrogens with zero attached hydrogens (tertiary/aromatic N) is 1. The first-order valence-electron chi connectivity index (χ1n) is 19.3. The largest absolute Gasteiger partial charge is 0.456 e. The van der Waals surface area contributed by atoms with Crippen molar-refractivity contribution in [2.24, 2.45) is 0 Å². The fraction of sp³-hybridized carbons (Fsp3) is 0. The van der Waals surface area contributed by atoms with Crippen molar-refractivity contribution in [1.29, 1.82) is 0 Å². The standard InChI is InChI=1S/C54H35NO2/c1-3-12-36(13-4-1)37-22-27-43(28-23-37)55(42-15-5-2-6-16-42)44-17-11-14-40(32-44)45-29-24-38(39-25-30-53-49(34-39)46-18-7-9-20-51(46)56-53)33-48(45)41-26-31-54-50(35-41)47-19-8-10-21-52(47)57-54/h1-35H. The zero-order valence-electron chi connectivity index (χ0n) is 31.0. The number of para-hydroxylation sites is 3. The molecule has 0 aliphatic rings. The molecule has 9 aromatic carbocycles. The Morgan fingerprint density at radius 1 is 0.246 bits per heavy atom. The molecule has 0 saturated heterocycles. The minimum atomic E-state index is 0.883. The molecule has 0 bridgehead atoms. The summed E-state index contributed by atoms with van der Waals surface area (Å²) in [5.74, 6) is 0. The summed E-state index contributed by atoms with van der Waals surface area (Å²) in [7, 11) is 0. The van der Waals surface area contributed by atoms with Crippen molar-refractivity contribution in [2.45, 2.75) is 0 Å². The molecular weight excluding hydrogens is 695 g/mol. The van der Waals surface area contributed by atoms with E-state index < -0.39 is 0 Å². The smallest absolute Gasteiger partial charge is 0.135 e. The molecule has 11 rings (SSSR count). The number of rotatable bonds is 7. The molecule has 0 N–H and O–H groups in total. The minimum Gasteiger partial charge on any atom is -0.456 e. The van der Waals surface area contributed by atoms with Gasteiger partial charge in [0.1, 0.15) is 22.3 Å². The average molecular weight is 730 g/mol. The Morgan fingerprint density at radius 2 is 0.702 bits per heavy atom. The second kappa shape index (κ2) is 13.6. The van der Waals surface area contributed by atoms with E-state index in [0.29, 0.717) is 0 Å². The van der Waals surface area contributed by atoms with Crippen LogP contribution in [-0.4, -0.2) is 0 Å². The Morgan fingerprint density at radius 3 is 1.40 bits per heavy atom. The first-order valence-corrected chi connectivity index (χ1v) is 19.3. The van der Waals surface area contributed by atoms with Crippen molar-refractivity contribution >= 4 is 60.9 Å². The van der Waals surface area contributed by atoms with Gasteiger partial charge in [0.2, 0.25) is 0 Å². The van der Waals surface area contributed by atoms with Crippen LogP contribution < -0.4 is 4.90 Å². The van der Waals surface area contributed by atoms with Crippen molar-refractivity contribution in [1.82, 2.24) is 0 Å².